The van der Waals surface area contributed by atoms with Crippen LogP contribution in [0.1, 0.15) is 32.8 Å². The highest BCUT2D eigenvalue weighted by Crippen LogP contribution is 2.36. The van der Waals surface area contributed by atoms with E-state index in [0.29, 0.717) is 16.5 Å². The lowest BCUT2D eigenvalue weighted by Gasteiger charge is -2.32. The third kappa shape index (κ3) is 6.79. The maximum absolute atomic E-state index is 13.5. The van der Waals surface area contributed by atoms with E-state index in [1.807, 2.05) is 13.8 Å². The number of carbonyl (C=O) groups is 2. The fourth-order valence-electron chi connectivity index (χ4n) is 3.49. The van der Waals surface area contributed by atoms with Crippen LogP contribution in [-0.4, -0.2) is 56.8 Å². The molecule has 1 heterocycles. The van der Waals surface area contributed by atoms with Gasteiger partial charge >= 0.3 is 0 Å². The van der Waals surface area contributed by atoms with E-state index in [1.165, 1.54) is 11.0 Å². The molecule has 1 aliphatic heterocycles. The number of rotatable bonds is 10. The Kier molecular flexibility index (Phi) is 8.50. The van der Waals surface area contributed by atoms with E-state index in [-0.39, 0.29) is 31.0 Å². The number of ether oxygens (including phenoxy) is 2. The molecule has 0 fully saturated rings. The van der Waals surface area contributed by atoms with E-state index in [1.54, 1.807) is 43.3 Å². The van der Waals surface area contributed by atoms with Gasteiger partial charge in [-0.2, -0.15) is 0 Å². The van der Waals surface area contributed by atoms with Crippen LogP contribution in [0.4, 0.5) is 5.69 Å². The van der Waals surface area contributed by atoms with Gasteiger partial charge in [0.25, 0.3) is 0 Å². The minimum atomic E-state index is -3.84. The van der Waals surface area contributed by atoms with Gasteiger partial charge in [-0.05, 0) is 50.1 Å². The Balaban J connectivity index is 1.90. The number of benzene rings is 2. The SMILES string of the molecule is CCC(C)NC(=O)C(C)N(Cc1ccc(Cl)cc1)C(=O)CN(c1ccc2c(c1)OCO2)S(C)(=O)=O. The van der Waals surface area contributed by atoms with Gasteiger partial charge < -0.3 is 19.7 Å². The van der Waals surface area contributed by atoms with Crippen molar-refractivity contribution in [2.75, 3.05) is 23.9 Å². The minimum absolute atomic E-state index is 0.0360. The van der Waals surface area contributed by atoms with Gasteiger partial charge in [0.15, 0.2) is 11.5 Å². The molecule has 2 unspecified atom stereocenters. The largest absolute Gasteiger partial charge is 0.454 e. The molecule has 2 aromatic carbocycles. The third-order valence-corrected chi connectivity index (χ3v) is 7.15. The molecular weight excluding hydrogens is 494 g/mol. The lowest BCUT2D eigenvalue weighted by atomic mass is 10.1. The monoisotopic (exact) mass is 523 g/mol. The average molecular weight is 524 g/mol. The standard InChI is InChI=1S/C24H30ClN3O6S/c1-5-16(2)26-24(30)17(3)27(13-18-6-8-19(25)9-7-18)23(29)14-28(35(4,31)32)20-10-11-21-22(12-20)34-15-33-21/h6-12,16-17H,5,13-15H2,1-4H3,(H,26,30). The molecule has 1 aliphatic rings. The zero-order valence-electron chi connectivity index (χ0n) is 20.2. The van der Waals surface area contributed by atoms with E-state index in [4.69, 9.17) is 21.1 Å². The van der Waals surface area contributed by atoms with Crippen molar-refractivity contribution >= 4 is 39.1 Å². The smallest absolute Gasteiger partial charge is 0.244 e. The van der Waals surface area contributed by atoms with Gasteiger partial charge in [0.1, 0.15) is 12.6 Å². The Morgan fingerprint density at radius 3 is 2.37 bits per heavy atom. The molecule has 2 amide bonds. The summed E-state index contributed by atoms with van der Waals surface area (Å²) >= 11 is 5.99. The second-order valence-electron chi connectivity index (χ2n) is 8.45. The average Bonchev–Trinajstić information content (AvgIpc) is 3.28. The summed E-state index contributed by atoms with van der Waals surface area (Å²) in [6.07, 6.45) is 1.75. The van der Waals surface area contributed by atoms with Crippen LogP contribution in [0.3, 0.4) is 0 Å². The number of carbonyl (C=O) groups excluding carboxylic acids is 2. The molecule has 0 radical (unpaired) electrons. The Morgan fingerprint density at radius 2 is 1.74 bits per heavy atom. The zero-order chi connectivity index (χ0) is 25.8. The van der Waals surface area contributed by atoms with Crippen molar-refractivity contribution in [3.63, 3.8) is 0 Å². The summed E-state index contributed by atoms with van der Waals surface area (Å²) in [7, 11) is -3.84. The Hall–Kier alpha value is -2.98. The van der Waals surface area contributed by atoms with Gasteiger partial charge in [-0.1, -0.05) is 30.7 Å². The van der Waals surface area contributed by atoms with Gasteiger partial charge in [-0.3, -0.25) is 13.9 Å². The first-order chi connectivity index (χ1) is 16.5. The van der Waals surface area contributed by atoms with Crippen LogP contribution >= 0.6 is 11.6 Å². The molecule has 2 atom stereocenters. The van der Waals surface area contributed by atoms with Crippen molar-refractivity contribution in [2.45, 2.75) is 45.8 Å². The minimum Gasteiger partial charge on any atom is -0.454 e. The highest BCUT2D eigenvalue weighted by atomic mass is 35.5. The van der Waals surface area contributed by atoms with Crippen LogP contribution in [0.15, 0.2) is 42.5 Å². The molecule has 1 N–H and O–H groups in total. The topological polar surface area (TPSA) is 105 Å². The number of halogens is 1. The quantitative estimate of drug-likeness (QED) is 0.513. The van der Waals surface area contributed by atoms with Crippen molar-refractivity contribution < 1.29 is 27.5 Å². The molecule has 0 aromatic heterocycles. The number of nitrogens with zero attached hydrogens (tertiary/aromatic N) is 2. The van der Waals surface area contributed by atoms with Crippen molar-refractivity contribution in [2.24, 2.45) is 0 Å². The number of amides is 2. The van der Waals surface area contributed by atoms with Crippen LogP contribution in [0, 0.1) is 0 Å². The molecule has 0 saturated heterocycles. The molecule has 2 aromatic rings. The van der Waals surface area contributed by atoms with E-state index in [0.717, 1.165) is 22.5 Å². The molecule has 190 valence electrons. The van der Waals surface area contributed by atoms with E-state index in [2.05, 4.69) is 5.32 Å². The highest BCUT2D eigenvalue weighted by Gasteiger charge is 2.31. The molecule has 0 bridgehead atoms. The normalized spacial score (nSPS) is 14.2. The Bertz CT molecular complexity index is 1170. The van der Waals surface area contributed by atoms with Crippen LogP contribution in [-0.2, 0) is 26.2 Å². The molecule has 9 nitrogen and oxygen atoms in total. The summed E-state index contributed by atoms with van der Waals surface area (Å²) in [6, 6.07) is 10.6. The Morgan fingerprint density at radius 1 is 1.09 bits per heavy atom. The van der Waals surface area contributed by atoms with E-state index >= 15 is 0 Å². The van der Waals surface area contributed by atoms with Crippen LogP contribution < -0.4 is 19.1 Å². The van der Waals surface area contributed by atoms with Gasteiger partial charge in [0.05, 0.1) is 11.9 Å². The first-order valence-corrected chi connectivity index (χ1v) is 13.4. The predicted octanol–water partition coefficient (Wildman–Crippen LogP) is 3.17. The van der Waals surface area contributed by atoms with Gasteiger partial charge in [0, 0.05) is 23.7 Å². The van der Waals surface area contributed by atoms with Crippen molar-refractivity contribution in [3.8, 4) is 11.5 Å². The van der Waals surface area contributed by atoms with Crippen LogP contribution in [0.2, 0.25) is 5.02 Å². The summed E-state index contributed by atoms with van der Waals surface area (Å²) in [6.45, 7) is 5.09. The number of sulfonamides is 1. The van der Waals surface area contributed by atoms with E-state index < -0.39 is 28.5 Å². The first kappa shape index (κ1) is 26.6. The van der Waals surface area contributed by atoms with Gasteiger partial charge in [0.2, 0.25) is 28.6 Å². The fraction of sp³-hybridized carbons (Fsp3) is 0.417. The number of hydrogen-bond acceptors (Lipinski definition) is 6. The number of fused-ring (bicyclic) bond motifs is 1. The number of hydrogen-bond donors (Lipinski definition) is 1. The zero-order valence-corrected chi connectivity index (χ0v) is 21.7. The van der Waals surface area contributed by atoms with Gasteiger partial charge in [-0.15, -0.1) is 0 Å². The van der Waals surface area contributed by atoms with Gasteiger partial charge in [-0.25, -0.2) is 8.42 Å². The van der Waals surface area contributed by atoms with Crippen molar-refractivity contribution in [1.82, 2.24) is 10.2 Å². The summed E-state index contributed by atoms with van der Waals surface area (Å²) in [5.41, 5.74) is 1.01. The third-order valence-electron chi connectivity index (χ3n) is 5.76. The molecule has 11 heteroatoms. The second kappa shape index (κ2) is 11.2. The second-order valence-corrected chi connectivity index (χ2v) is 10.8. The van der Waals surface area contributed by atoms with Crippen LogP contribution in [0.5, 0.6) is 11.5 Å². The highest BCUT2D eigenvalue weighted by molar-refractivity contribution is 7.92. The molecule has 0 aliphatic carbocycles. The maximum Gasteiger partial charge on any atom is 0.244 e. The summed E-state index contributed by atoms with van der Waals surface area (Å²) < 4.78 is 37.0. The maximum atomic E-state index is 13.5. The lowest BCUT2D eigenvalue weighted by molar-refractivity contribution is -0.139. The Labute approximate surface area is 211 Å². The predicted molar refractivity (Wildman–Crippen MR) is 134 cm³/mol. The number of anilines is 1. The number of nitrogens with one attached hydrogen (secondary N) is 1. The molecule has 0 spiro atoms. The first-order valence-electron chi connectivity index (χ1n) is 11.2. The molecule has 3 rings (SSSR count). The van der Waals surface area contributed by atoms with E-state index in [9.17, 15) is 18.0 Å². The summed E-state index contributed by atoms with van der Waals surface area (Å²) in [5.74, 6) is 0.0293. The molecule has 0 saturated carbocycles. The summed E-state index contributed by atoms with van der Waals surface area (Å²) in [5, 5.41) is 3.43. The lowest BCUT2D eigenvalue weighted by Crippen LogP contribution is -2.52. The fourth-order valence-corrected chi connectivity index (χ4v) is 4.46. The summed E-state index contributed by atoms with van der Waals surface area (Å²) in [4.78, 5) is 27.8. The molecular formula is C24H30ClN3O6S. The van der Waals surface area contributed by atoms with Crippen molar-refractivity contribution in [3.05, 3.63) is 53.1 Å². The van der Waals surface area contributed by atoms with Crippen molar-refractivity contribution in [1.29, 1.82) is 0 Å². The van der Waals surface area contributed by atoms with Crippen LogP contribution in [0.25, 0.3) is 0 Å². The molecule has 35 heavy (non-hydrogen) atoms.